The molecule has 0 N–H and O–H groups in total. The molecule has 8 heavy (non-hydrogen) atoms. The third kappa shape index (κ3) is 1.87. The molecule has 0 aromatic rings. The summed E-state index contributed by atoms with van der Waals surface area (Å²) in [6.07, 6.45) is 0.431. The summed E-state index contributed by atoms with van der Waals surface area (Å²) in [7, 11) is 0. The van der Waals surface area contributed by atoms with Gasteiger partial charge in [-0.2, -0.15) is 0 Å². The number of ether oxygens (including phenoxy) is 1. The van der Waals surface area contributed by atoms with Gasteiger partial charge in [-0.3, -0.25) is 0 Å². The van der Waals surface area contributed by atoms with Gasteiger partial charge >= 0.3 is 0 Å². The van der Waals surface area contributed by atoms with E-state index in [1.807, 2.05) is 0 Å². The third-order valence-electron chi connectivity index (χ3n) is 1.19. The van der Waals surface area contributed by atoms with E-state index in [0.717, 1.165) is 19.7 Å². The first-order valence-corrected chi connectivity index (χ1v) is 3.78. The van der Waals surface area contributed by atoms with Crippen molar-refractivity contribution in [2.75, 3.05) is 19.7 Å². The van der Waals surface area contributed by atoms with Gasteiger partial charge in [0.15, 0.2) is 0 Å². The van der Waals surface area contributed by atoms with Crippen LogP contribution >= 0.6 is 22.9 Å². The maximum atomic E-state index is 5.30. The second-order valence-electron chi connectivity index (χ2n) is 2.05. The lowest BCUT2D eigenvalue weighted by atomic mass is 10.3. The van der Waals surface area contributed by atoms with Crippen LogP contribution in [-0.2, 0) is 4.74 Å². The first-order chi connectivity index (χ1) is 3.79. The van der Waals surface area contributed by atoms with Crippen molar-refractivity contribution in [2.45, 2.75) is 13.0 Å². The van der Waals surface area contributed by atoms with Gasteiger partial charge in [0, 0.05) is 36.0 Å². The zero-order valence-corrected chi connectivity index (χ0v) is 7.09. The quantitative estimate of drug-likeness (QED) is 0.453. The van der Waals surface area contributed by atoms with Gasteiger partial charge in [0.1, 0.15) is 0 Å². The van der Waals surface area contributed by atoms with Gasteiger partial charge in [-0.05, 0) is 6.92 Å². The van der Waals surface area contributed by atoms with Crippen molar-refractivity contribution in [3.8, 4) is 0 Å². The van der Waals surface area contributed by atoms with Crippen molar-refractivity contribution in [1.82, 2.24) is 3.11 Å². The highest BCUT2D eigenvalue weighted by Crippen LogP contribution is 2.07. The second-order valence-corrected chi connectivity index (χ2v) is 3.41. The summed E-state index contributed by atoms with van der Waals surface area (Å²) in [5, 5.41) is 0. The van der Waals surface area contributed by atoms with Crippen molar-refractivity contribution in [3.63, 3.8) is 0 Å². The zero-order chi connectivity index (χ0) is 5.98. The lowest BCUT2D eigenvalue weighted by Gasteiger charge is -2.25. The molecular formula is C5H10INO. The van der Waals surface area contributed by atoms with Crippen LogP contribution in [0.15, 0.2) is 0 Å². The average molecular weight is 227 g/mol. The minimum atomic E-state index is 0.431. The number of hydrogen-bond acceptors (Lipinski definition) is 2. The molecule has 0 saturated carbocycles. The smallest absolute Gasteiger partial charge is 0.0682 e. The largest absolute Gasteiger partial charge is 0.376 e. The van der Waals surface area contributed by atoms with Crippen LogP contribution in [0.5, 0.6) is 0 Å². The number of hydrogen-bond donors (Lipinski definition) is 0. The van der Waals surface area contributed by atoms with Gasteiger partial charge in [-0.1, -0.05) is 0 Å². The van der Waals surface area contributed by atoms with Gasteiger partial charge in [-0.25, -0.2) is 3.11 Å². The van der Waals surface area contributed by atoms with E-state index in [9.17, 15) is 0 Å². The van der Waals surface area contributed by atoms with Crippen LogP contribution in [-0.4, -0.2) is 28.9 Å². The van der Waals surface area contributed by atoms with Gasteiger partial charge in [0.2, 0.25) is 0 Å². The molecule has 1 saturated heterocycles. The Labute approximate surface area is 63.7 Å². The Kier molecular flexibility index (Phi) is 2.52. The summed E-state index contributed by atoms with van der Waals surface area (Å²) in [5.74, 6) is 0. The van der Waals surface area contributed by atoms with Crippen LogP contribution in [0.3, 0.4) is 0 Å². The van der Waals surface area contributed by atoms with E-state index < -0.39 is 0 Å². The normalized spacial score (nSPS) is 33.0. The number of nitrogens with zero attached hydrogens (tertiary/aromatic N) is 1. The van der Waals surface area contributed by atoms with E-state index in [4.69, 9.17) is 4.74 Å². The summed E-state index contributed by atoms with van der Waals surface area (Å²) in [6, 6.07) is 0. The van der Waals surface area contributed by atoms with E-state index in [1.165, 1.54) is 0 Å². The maximum absolute atomic E-state index is 5.30. The Morgan fingerprint density at radius 3 is 2.88 bits per heavy atom. The van der Waals surface area contributed by atoms with Crippen molar-refractivity contribution in [1.29, 1.82) is 0 Å². The monoisotopic (exact) mass is 227 g/mol. The fourth-order valence-electron chi connectivity index (χ4n) is 0.776. The fourth-order valence-corrected chi connectivity index (χ4v) is 1.53. The number of morpholine rings is 1. The molecule has 0 amide bonds. The molecule has 1 unspecified atom stereocenters. The third-order valence-corrected chi connectivity index (χ3v) is 2.07. The van der Waals surface area contributed by atoms with Gasteiger partial charge in [0.05, 0.1) is 12.7 Å². The van der Waals surface area contributed by atoms with Crippen molar-refractivity contribution >= 4 is 22.9 Å². The van der Waals surface area contributed by atoms with E-state index in [2.05, 4.69) is 32.9 Å². The van der Waals surface area contributed by atoms with Crippen molar-refractivity contribution in [2.24, 2.45) is 0 Å². The lowest BCUT2D eigenvalue weighted by Crippen LogP contribution is -2.34. The van der Waals surface area contributed by atoms with Crippen LogP contribution < -0.4 is 0 Å². The molecule has 0 aromatic carbocycles. The van der Waals surface area contributed by atoms with Crippen LogP contribution in [0.2, 0.25) is 0 Å². The molecule has 2 nitrogen and oxygen atoms in total. The van der Waals surface area contributed by atoms with Gasteiger partial charge in [-0.15, -0.1) is 0 Å². The first-order valence-electron chi connectivity index (χ1n) is 2.81. The average Bonchev–Trinajstić information content (AvgIpc) is 1.64. The summed E-state index contributed by atoms with van der Waals surface area (Å²) < 4.78 is 7.56. The van der Waals surface area contributed by atoms with Crippen LogP contribution in [0.4, 0.5) is 0 Å². The molecule has 0 aromatic heterocycles. The van der Waals surface area contributed by atoms with E-state index in [0.29, 0.717) is 6.10 Å². The molecule has 1 rings (SSSR count). The van der Waals surface area contributed by atoms with Crippen LogP contribution in [0.1, 0.15) is 6.92 Å². The second kappa shape index (κ2) is 2.98. The molecule has 0 bridgehead atoms. The molecule has 1 aliphatic heterocycles. The molecule has 3 heteroatoms. The van der Waals surface area contributed by atoms with E-state index >= 15 is 0 Å². The molecular weight excluding hydrogens is 217 g/mol. The fraction of sp³-hybridized carbons (Fsp3) is 1.00. The predicted octanol–water partition coefficient (Wildman–Crippen LogP) is 1.06. The number of rotatable bonds is 0. The Morgan fingerprint density at radius 2 is 2.50 bits per heavy atom. The molecule has 48 valence electrons. The summed E-state index contributed by atoms with van der Waals surface area (Å²) in [4.78, 5) is 0. The minimum Gasteiger partial charge on any atom is -0.376 e. The zero-order valence-electron chi connectivity index (χ0n) is 4.93. The highest BCUT2D eigenvalue weighted by molar-refractivity contribution is 14.1. The van der Waals surface area contributed by atoms with Gasteiger partial charge in [0.25, 0.3) is 0 Å². The molecule has 1 fully saturated rings. The van der Waals surface area contributed by atoms with Gasteiger partial charge < -0.3 is 4.74 Å². The maximum Gasteiger partial charge on any atom is 0.0682 e. The van der Waals surface area contributed by atoms with Crippen molar-refractivity contribution in [3.05, 3.63) is 0 Å². The Hall–Kier alpha value is 0.650. The van der Waals surface area contributed by atoms with E-state index in [-0.39, 0.29) is 0 Å². The van der Waals surface area contributed by atoms with Crippen molar-refractivity contribution < 1.29 is 4.74 Å². The molecule has 0 radical (unpaired) electrons. The Bertz CT molecular complexity index is 70.8. The van der Waals surface area contributed by atoms with Crippen LogP contribution in [0.25, 0.3) is 0 Å². The lowest BCUT2D eigenvalue weighted by molar-refractivity contribution is 0.0187. The molecule has 1 aliphatic rings. The highest BCUT2D eigenvalue weighted by atomic mass is 127. The number of halogens is 1. The standard InChI is InChI=1S/C5H10INO/c1-5-4-7(6)2-3-8-5/h5H,2-4H2,1H3. The molecule has 0 aliphatic carbocycles. The Morgan fingerprint density at radius 1 is 1.75 bits per heavy atom. The minimum absolute atomic E-state index is 0.431. The highest BCUT2D eigenvalue weighted by Gasteiger charge is 2.12. The summed E-state index contributed by atoms with van der Waals surface area (Å²) in [5.41, 5.74) is 0. The molecule has 0 spiro atoms. The van der Waals surface area contributed by atoms with E-state index in [1.54, 1.807) is 0 Å². The SMILES string of the molecule is CC1CN(I)CCO1. The molecule has 1 atom stereocenters. The Balaban J connectivity index is 2.23. The molecule has 1 heterocycles. The first kappa shape index (κ1) is 6.77. The topological polar surface area (TPSA) is 12.5 Å². The predicted molar refractivity (Wildman–Crippen MR) is 41.0 cm³/mol. The summed E-state index contributed by atoms with van der Waals surface area (Å²) in [6.45, 7) is 5.14. The van der Waals surface area contributed by atoms with Crippen LogP contribution in [0, 0.1) is 0 Å². The summed E-state index contributed by atoms with van der Waals surface area (Å²) >= 11 is 2.33.